The Kier molecular flexibility index (Phi) is 9.33. The number of carbonyl (C=O) groups is 1. The van der Waals surface area contributed by atoms with Gasteiger partial charge in [-0.1, -0.05) is 6.92 Å². The number of nitrogens with zero attached hydrogens (tertiary/aromatic N) is 2. The molecule has 0 radical (unpaired) electrons. The molecule has 0 aromatic carbocycles. The predicted octanol–water partition coefficient (Wildman–Crippen LogP) is 1.99. The van der Waals surface area contributed by atoms with E-state index in [1.54, 1.807) is 7.11 Å². The second-order valence-corrected chi connectivity index (χ2v) is 6.76. The molecule has 0 aromatic rings. The molecule has 2 aliphatic rings. The van der Waals surface area contributed by atoms with Crippen LogP contribution in [0.3, 0.4) is 0 Å². The molecule has 1 aliphatic carbocycles. The number of hydrogen-bond donors (Lipinski definition) is 2. The number of amides is 1. The third kappa shape index (κ3) is 6.38. The van der Waals surface area contributed by atoms with Crippen LogP contribution in [0.4, 0.5) is 0 Å². The maximum atomic E-state index is 11.8. The molecule has 6 nitrogen and oxygen atoms in total. The first-order valence-electron chi connectivity index (χ1n) is 8.94. The minimum Gasteiger partial charge on any atom is -0.385 e. The molecule has 1 saturated carbocycles. The van der Waals surface area contributed by atoms with Gasteiger partial charge in [-0.05, 0) is 38.0 Å². The van der Waals surface area contributed by atoms with E-state index in [4.69, 9.17) is 9.73 Å². The summed E-state index contributed by atoms with van der Waals surface area (Å²) in [5.41, 5.74) is 0.359. The Morgan fingerprint density at radius 1 is 1.38 bits per heavy atom. The molecule has 0 aromatic heterocycles. The standard InChI is InChI=1S/C17H32N4O2.HI/c1-4-15(22)21-10-6-14(12-21)20-16(18-5-2)19-13-17(7-8-17)9-11-23-3;/h14H,4-13H2,1-3H3,(H2,18,19,20);1H. The zero-order valence-electron chi connectivity index (χ0n) is 15.3. The Morgan fingerprint density at radius 3 is 2.71 bits per heavy atom. The van der Waals surface area contributed by atoms with Crippen molar-refractivity contribution in [2.45, 2.75) is 52.0 Å². The highest BCUT2D eigenvalue weighted by Crippen LogP contribution is 2.48. The molecule has 2 fully saturated rings. The van der Waals surface area contributed by atoms with Gasteiger partial charge in [0.25, 0.3) is 0 Å². The van der Waals surface area contributed by atoms with E-state index in [2.05, 4.69) is 17.6 Å². The highest BCUT2D eigenvalue weighted by molar-refractivity contribution is 14.0. The van der Waals surface area contributed by atoms with E-state index in [0.29, 0.717) is 17.9 Å². The Labute approximate surface area is 163 Å². The van der Waals surface area contributed by atoms with E-state index in [-0.39, 0.29) is 29.9 Å². The lowest BCUT2D eigenvalue weighted by atomic mass is 10.0. The monoisotopic (exact) mass is 452 g/mol. The van der Waals surface area contributed by atoms with E-state index in [1.807, 2.05) is 11.8 Å². The van der Waals surface area contributed by atoms with Gasteiger partial charge in [0, 0.05) is 52.4 Å². The first-order valence-corrected chi connectivity index (χ1v) is 8.94. The molecule has 1 saturated heterocycles. The van der Waals surface area contributed by atoms with Gasteiger partial charge in [0.2, 0.25) is 5.91 Å². The van der Waals surface area contributed by atoms with Gasteiger partial charge in [0.15, 0.2) is 5.96 Å². The third-order valence-electron chi connectivity index (χ3n) is 4.89. The highest BCUT2D eigenvalue weighted by Gasteiger charge is 2.41. The first kappa shape index (κ1) is 21.5. The zero-order chi connectivity index (χ0) is 16.7. The van der Waals surface area contributed by atoms with Crippen LogP contribution in [0.1, 0.15) is 46.0 Å². The molecule has 2 rings (SSSR count). The summed E-state index contributed by atoms with van der Waals surface area (Å²) in [4.78, 5) is 18.5. The highest BCUT2D eigenvalue weighted by atomic mass is 127. The van der Waals surface area contributed by atoms with Crippen molar-refractivity contribution >= 4 is 35.8 Å². The number of rotatable bonds is 8. The minimum atomic E-state index is 0. The fourth-order valence-corrected chi connectivity index (χ4v) is 3.07. The number of ether oxygens (including phenoxy) is 1. The topological polar surface area (TPSA) is 66.0 Å². The molecule has 24 heavy (non-hydrogen) atoms. The van der Waals surface area contributed by atoms with Crippen molar-refractivity contribution in [1.82, 2.24) is 15.5 Å². The molecular formula is C17H33IN4O2. The summed E-state index contributed by atoms with van der Waals surface area (Å²) in [7, 11) is 1.76. The van der Waals surface area contributed by atoms with Gasteiger partial charge >= 0.3 is 0 Å². The lowest BCUT2D eigenvalue weighted by Crippen LogP contribution is -2.45. The second kappa shape index (κ2) is 10.4. The summed E-state index contributed by atoms with van der Waals surface area (Å²) in [5, 5.41) is 6.82. The predicted molar refractivity (Wildman–Crippen MR) is 108 cm³/mol. The summed E-state index contributed by atoms with van der Waals surface area (Å²) in [5.74, 6) is 1.12. The molecular weight excluding hydrogens is 419 g/mol. The average molecular weight is 452 g/mol. The number of methoxy groups -OCH3 is 1. The number of guanidine groups is 1. The van der Waals surface area contributed by atoms with Crippen molar-refractivity contribution in [2.24, 2.45) is 10.4 Å². The molecule has 1 unspecified atom stereocenters. The molecule has 0 spiro atoms. The zero-order valence-corrected chi connectivity index (χ0v) is 17.6. The molecule has 1 heterocycles. The van der Waals surface area contributed by atoms with Gasteiger partial charge < -0.3 is 20.3 Å². The number of carbonyl (C=O) groups excluding carboxylic acids is 1. The molecule has 140 valence electrons. The summed E-state index contributed by atoms with van der Waals surface area (Å²) in [6.07, 6.45) is 5.17. The van der Waals surface area contributed by atoms with Gasteiger partial charge in [-0.2, -0.15) is 0 Å². The van der Waals surface area contributed by atoms with Crippen LogP contribution in [0.5, 0.6) is 0 Å². The van der Waals surface area contributed by atoms with Crippen LogP contribution in [0.2, 0.25) is 0 Å². The van der Waals surface area contributed by atoms with Crippen molar-refractivity contribution in [3.8, 4) is 0 Å². The maximum absolute atomic E-state index is 11.8. The lowest BCUT2D eigenvalue weighted by molar-refractivity contribution is -0.129. The van der Waals surface area contributed by atoms with E-state index >= 15 is 0 Å². The van der Waals surface area contributed by atoms with E-state index in [0.717, 1.165) is 51.6 Å². The SMILES string of the molecule is CCNC(=NCC1(CCOC)CC1)NC1CCN(C(=O)CC)C1.I. The molecule has 7 heteroatoms. The number of likely N-dealkylation sites (tertiary alicyclic amines) is 1. The fourth-order valence-electron chi connectivity index (χ4n) is 3.07. The Bertz CT molecular complexity index is 427. The van der Waals surface area contributed by atoms with Crippen molar-refractivity contribution in [2.75, 3.05) is 39.9 Å². The van der Waals surface area contributed by atoms with Crippen LogP contribution >= 0.6 is 24.0 Å². The summed E-state index contributed by atoms with van der Waals surface area (Å²) in [6, 6.07) is 0.303. The largest absolute Gasteiger partial charge is 0.385 e. The van der Waals surface area contributed by atoms with Gasteiger partial charge in [-0.15, -0.1) is 24.0 Å². The van der Waals surface area contributed by atoms with Crippen LogP contribution in [0, 0.1) is 5.41 Å². The van der Waals surface area contributed by atoms with Gasteiger partial charge in [-0.3, -0.25) is 9.79 Å². The van der Waals surface area contributed by atoms with Crippen LogP contribution in [-0.4, -0.2) is 62.7 Å². The number of halogens is 1. The number of hydrogen-bond acceptors (Lipinski definition) is 3. The molecule has 1 atom stereocenters. The molecule has 1 aliphatic heterocycles. The van der Waals surface area contributed by atoms with Gasteiger partial charge in [0.1, 0.15) is 0 Å². The average Bonchev–Trinajstić information content (AvgIpc) is 3.19. The molecule has 0 bridgehead atoms. The van der Waals surface area contributed by atoms with E-state index < -0.39 is 0 Å². The fraction of sp³-hybridized carbons (Fsp3) is 0.882. The van der Waals surface area contributed by atoms with Gasteiger partial charge in [-0.25, -0.2) is 0 Å². The van der Waals surface area contributed by atoms with Crippen molar-refractivity contribution in [1.29, 1.82) is 0 Å². The minimum absolute atomic E-state index is 0. The first-order chi connectivity index (χ1) is 11.1. The van der Waals surface area contributed by atoms with Crippen LogP contribution < -0.4 is 10.6 Å². The normalized spacial score (nSPS) is 22.0. The number of nitrogens with one attached hydrogen (secondary N) is 2. The molecule has 1 amide bonds. The quantitative estimate of drug-likeness (QED) is 0.336. The van der Waals surface area contributed by atoms with E-state index in [1.165, 1.54) is 12.8 Å². The van der Waals surface area contributed by atoms with E-state index in [9.17, 15) is 4.79 Å². The summed E-state index contributed by atoms with van der Waals surface area (Å²) < 4.78 is 5.21. The second-order valence-electron chi connectivity index (χ2n) is 6.76. The lowest BCUT2D eigenvalue weighted by Gasteiger charge is -2.19. The Hall–Kier alpha value is -0.570. The smallest absolute Gasteiger partial charge is 0.222 e. The molecule has 2 N–H and O–H groups in total. The van der Waals surface area contributed by atoms with Crippen LogP contribution in [-0.2, 0) is 9.53 Å². The van der Waals surface area contributed by atoms with Crippen molar-refractivity contribution in [3.63, 3.8) is 0 Å². The van der Waals surface area contributed by atoms with Crippen molar-refractivity contribution in [3.05, 3.63) is 0 Å². The third-order valence-corrected chi connectivity index (χ3v) is 4.89. The maximum Gasteiger partial charge on any atom is 0.222 e. The Balaban J connectivity index is 0.00000288. The van der Waals surface area contributed by atoms with Crippen LogP contribution in [0.25, 0.3) is 0 Å². The van der Waals surface area contributed by atoms with Crippen LogP contribution in [0.15, 0.2) is 4.99 Å². The van der Waals surface area contributed by atoms with Crippen molar-refractivity contribution < 1.29 is 9.53 Å². The summed E-state index contributed by atoms with van der Waals surface area (Å²) >= 11 is 0. The Morgan fingerprint density at radius 2 is 2.12 bits per heavy atom. The van der Waals surface area contributed by atoms with Gasteiger partial charge in [0.05, 0.1) is 0 Å². The summed E-state index contributed by atoms with van der Waals surface area (Å²) in [6.45, 7) is 8.15. The number of aliphatic imine (C=N–C) groups is 1.